The molecule has 0 amide bonds. The minimum Gasteiger partial charge on any atom is -0.370 e. The standard InChI is InChI=1S/C18H22N4/c1-14-13-15-7-5-6-10-17(15)22(14)12-11-20-18(19)21-16-8-3-2-4-9-16/h2-10,14H,11-13H2,1H3,(H3,19,20,21). The van der Waals surface area contributed by atoms with Gasteiger partial charge in [0.25, 0.3) is 0 Å². The van der Waals surface area contributed by atoms with Crippen molar-refractivity contribution in [3.63, 3.8) is 0 Å². The monoisotopic (exact) mass is 294 g/mol. The van der Waals surface area contributed by atoms with E-state index in [1.54, 1.807) is 0 Å². The molecule has 0 aromatic heterocycles. The van der Waals surface area contributed by atoms with Gasteiger partial charge in [0.2, 0.25) is 0 Å². The number of benzene rings is 2. The van der Waals surface area contributed by atoms with Crippen LogP contribution in [0.4, 0.5) is 11.4 Å². The first-order chi connectivity index (χ1) is 10.7. The van der Waals surface area contributed by atoms with Crippen LogP contribution in [-0.4, -0.2) is 25.1 Å². The van der Waals surface area contributed by atoms with Gasteiger partial charge >= 0.3 is 0 Å². The molecule has 0 bridgehead atoms. The average Bonchev–Trinajstić information content (AvgIpc) is 2.84. The van der Waals surface area contributed by atoms with E-state index in [1.807, 2.05) is 30.3 Å². The maximum Gasteiger partial charge on any atom is 0.193 e. The van der Waals surface area contributed by atoms with E-state index < -0.39 is 0 Å². The first kappa shape index (κ1) is 14.4. The van der Waals surface area contributed by atoms with Gasteiger partial charge in [-0.2, -0.15) is 0 Å². The Kier molecular flexibility index (Phi) is 4.28. The highest BCUT2D eigenvalue weighted by Crippen LogP contribution is 2.31. The molecule has 0 fully saturated rings. The quantitative estimate of drug-likeness (QED) is 0.673. The molecule has 2 aromatic carbocycles. The van der Waals surface area contributed by atoms with Crippen LogP contribution in [-0.2, 0) is 6.42 Å². The van der Waals surface area contributed by atoms with Gasteiger partial charge in [-0.15, -0.1) is 0 Å². The molecule has 0 spiro atoms. The van der Waals surface area contributed by atoms with Gasteiger partial charge < -0.3 is 16.0 Å². The number of para-hydroxylation sites is 2. The van der Waals surface area contributed by atoms with Gasteiger partial charge in [0, 0.05) is 24.0 Å². The van der Waals surface area contributed by atoms with Gasteiger partial charge in [0.05, 0.1) is 6.54 Å². The predicted molar refractivity (Wildman–Crippen MR) is 93.5 cm³/mol. The first-order valence-electron chi connectivity index (χ1n) is 7.70. The highest BCUT2D eigenvalue weighted by Gasteiger charge is 2.24. The van der Waals surface area contributed by atoms with E-state index in [-0.39, 0.29) is 0 Å². The van der Waals surface area contributed by atoms with Crippen LogP contribution in [0.15, 0.2) is 59.6 Å². The zero-order valence-corrected chi connectivity index (χ0v) is 12.9. The maximum atomic E-state index is 5.94. The van der Waals surface area contributed by atoms with Gasteiger partial charge in [0.15, 0.2) is 5.96 Å². The summed E-state index contributed by atoms with van der Waals surface area (Å²) < 4.78 is 0. The summed E-state index contributed by atoms with van der Waals surface area (Å²) in [4.78, 5) is 6.84. The minimum absolute atomic E-state index is 0.464. The van der Waals surface area contributed by atoms with Crippen LogP contribution in [0.3, 0.4) is 0 Å². The zero-order valence-electron chi connectivity index (χ0n) is 12.9. The van der Waals surface area contributed by atoms with Gasteiger partial charge in [-0.1, -0.05) is 36.4 Å². The number of aliphatic imine (C=N–C) groups is 1. The molecule has 1 atom stereocenters. The number of fused-ring (bicyclic) bond motifs is 1. The molecule has 0 radical (unpaired) electrons. The molecule has 4 heteroatoms. The normalized spacial score (nSPS) is 17.4. The van der Waals surface area contributed by atoms with E-state index in [0.717, 1.165) is 18.7 Å². The number of anilines is 2. The largest absolute Gasteiger partial charge is 0.370 e. The summed E-state index contributed by atoms with van der Waals surface area (Å²) in [6, 6.07) is 19.0. The van der Waals surface area contributed by atoms with Crippen molar-refractivity contribution in [1.29, 1.82) is 0 Å². The van der Waals surface area contributed by atoms with Crippen molar-refractivity contribution in [1.82, 2.24) is 0 Å². The highest BCUT2D eigenvalue weighted by atomic mass is 15.2. The Morgan fingerprint density at radius 2 is 1.91 bits per heavy atom. The Labute approximate surface area is 131 Å². The first-order valence-corrected chi connectivity index (χ1v) is 7.70. The van der Waals surface area contributed by atoms with Crippen molar-refractivity contribution in [2.75, 3.05) is 23.3 Å². The molecule has 1 aliphatic heterocycles. The molecule has 0 saturated heterocycles. The van der Waals surface area contributed by atoms with Crippen molar-refractivity contribution in [2.45, 2.75) is 19.4 Å². The Balaban J connectivity index is 1.58. The van der Waals surface area contributed by atoms with Gasteiger partial charge in [-0.3, -0.25) is 4.99 Å². The van der Waals surface area contributed by atoms with E-state index in [2.05, 4.69) is 46.4 Å². The Hall–Kier alpha value is -2.49. The second kappa shape index (κ2) is 6.52. The summed E-state index contributed by atoms with van der Waals surface area (Å²) >= 11 is 0. The SMILES string of the molecule is CC1Cc2ccccc2N1CCN=C(N)Nc1ccccc1. The number of nitrogens with zero attached hydrogens (tertiary/aromatic N) is 2. The molecule has 1 aliphatic rings. The smallest absolute Gasteiger partial charge is 0.193 e. The third-order valence-corrected chi connectivity index (χ3v) is 4.02. The summed E-state index contributed by atoms with van der Waals surface area (Å²) in [5, 5.41) is 3.11. The highest BCUT2D eigenvalue weighted by molar-refractivity contribution is 5.92. The molecule has 3 rings (SSSR count). The molecule has 1 unspecified atom stereocenters. The van der Waals surface area contributed by atoms with Crippen LogP contribution in [0, 0.1) is 0 Å². The Bertz CT molecular complexity index is 651. The number of hydrogen-bond donors (Lipinski definition) is 2. The molecular formula is C18H22N4. The predicted octanol–water partition coefficient (Wildman–Crippen LogP) is 2.86. The Morgan fingerprint density at radius 1 is 1.18 bits per heavy atom. The molecular weight excluding hydrogens is 272 g/mol. The summed E-state index contributed by atoms with van der Waals surface area (Å²) in [6.07, 6.45) is 1.11. The number of rotatable bonds is 4. The second-order valence-corrected chi connectivity index (χ2v) is 5.63. The maximum absolute atomic E-state index is 5.94. The Morgan fingerprint density at radius 3 is 2.73 bits per heavy atom. The van der Waals surface area contributed by atoms with Crippen LogP contribution in [0.2, 0.25) is 0 Å². The van der Waals surface area contributed by atoms with Crippen molar-refractivity contribution >= 4 is 17.3 Å². The summed E-state index contributed by atoms with van der Waals surface area (Å²) in [6.45, 7) is 3.83. The lowest BCUT2D eigenvalue weighted by atomic mass is 10.1. The van der Waals surface area contributed by atoms with Crippen LogP contribution in [0.25, 0.3) is 0 Å². The average molecular weight is 294 g/mol. The lowest BCUT2D eigenvalue weighted by Crippen LogP contribution is -2.32. The molecule has 114 valence electrons. The number of guanidine groups is 1. The van der Waals surface area contributed by atoms with E-state index in [4.69, 9.17) is 5.73 Å². The van der Waals surface area contributed by atoms with Crippen LogP contribution in [0.5, 0.6) is 0 Å². The summed E-state index contributed by atoms with van der Waals surface area (Å²) in [5.74, 6) is 0.464. The van der Waals surface area contributed by atoms with Gasteiger partial charge in [-0.25, -0.2) is 0 Å². The van der Waals surface area contributed by atoms with Crippen molar-refractivity contribution in [2.24, 2.45) is 10.7 Å². The number of hydrogen-bond acceptors (Lipinski definition) is 2. The molecule has 1 heterocycles. The van der Waals surface area contributed by atoms with E-state index in [9.17, 15) is 0 Å². The fraction of sp³-hybridized carbons (Fsp3) is 0.278. The second-order valence-electron chi connectivity index (χ2n) is 5.63. The van der Waals surface area contributed by atoms with Crippen molar-refractivity contribution in [3.05, 3.63) is 60.2 Å². The lowest BCUT2D eigenvalue weighted by Gasteiger charge is -2.24. The van der Waals surface area contributed by atoms with Gasteiger partial charge in [0.1, 0.15) is 0 Å². The van der Waals surface area contributed by atoms with Crippen LogP contribution in [0.1, 0.15) is 12.5 Å². The molecule has 2 aromatic rings. The fourth-order valence-corrected chi connectivity index (χ4v) is 2.96. The van der Waals surface area contributed by atoms with E-state index >= 15 is 0 Å². The number of nitrogens with two attached hydrogens (primary N) is 1. The molecule has 4 nitrogen and oxygen atoms in total. The molecule has 0 saturated carbocycles. The van der Waals surface area contributed by atoms with Crippen molar-refractivity contribution < 1.29 is 0 Å². The molecule has 22 heavy (non-hydrogen) atoms. The topological polar surface area (TPSA) is 53.6 Å². The van der Waals surface area contributed by atoms with E-state index in [1.165, 1.54) is 11.3 Å². The number of nitrogens with one attached hydrogen (secondary N) is 1. The lowest BCUT2D eigenvalue weighted by molar-refractivity contribution is 0.674. The van der Waals surface area contributed by atoms with Gasteiger partial charge in [-0.05, 0) is 37.1 Å². The molecule has 3 N–H and O–H groups in total. The summed E-state index contributed by atoms with van der Waals surface area (Å²) in [7, 11) is 0. The van der Waals surface area contributed by atoms with Crippen molar-refractivity contribution in [3.8, 4) is 0 Å². The zero-order chi connectivity index (χ0) is 15.4. The minimum atomic E-state index is 0.464. The third kappa shape index (κ3) is 3.22. The van der Waals surface area contributed by atoms with Crippen LogP contribution >= 0.6 is 0 Å². The van der Waals surface area contributed by atoms with Crippen LogP contribution < -0.4 is 16.0 Å². The van der Waals surface area contributed by atoms with E-state index in [0.29, 0.717) is 18.5 Å². The molecule has 0 aliphatic carbocycles. The third-order valence-electron chi connectivity index (χ3n) is 4.02. The summed E-state index contributed by atoms with van der Waals surface area (Å²) in [5.41, 5.74) is 9.66. The fourth-order valence-electron chi connectivity index (χ4n) is 2.96.